The van der Waals surface area contributed by atoms with Crippen LogP contribution in [-0.4, -0.2) is 36.2 Å². The fourth-order valence-electron chi connectivity index (χ4n) is 3.22. The number of para-hydroxylation sites is 1. The number of nitrogens with two attached hydrogens (primary N) is 1. The molecule has 0 atom stereocenters. The van der Waals surface area contributed by atoms with Gasteiger partial charge in [0.25, 0.3) is 5.56 Å². The molecule has 1 amide bonds. The summed E-state index contributed by atoms with van der Waals surface area (Å²) in [5, 5.41) is 9.03. The summed E-state index contributed by atoms with van der Waals surface area (Å²) in [5.74, 6) is 0.559. The zero-order valence-electron chi connectivity index (χ0n) is 18.7. The topological polar surface area (TPSA) is 124 Å². The number of sulfonamides is 1. The van der Waals surface area contributed by atoms with Gasteiger partial charge < -0.3 is 5.32 Å². The summed E-state index contributed by atoms with van der Waals surface area (Å²) in [5.41, 5.74) is 1.26. The first kappa shape index (κ1) is 24.9. The number of carbonyl (C=O) groups excluding carboxylic acids is 1. The molecule has 3 rings (SSSR count). The Balaban J connectivity index is 1.79. The number of aromatic nitrogens is 2. The number of amides is 1. The SMILES string of the molecule is CC(C)CCNC(=O)CSc1nc2ccccc2c(=O)n1CCc1ccc(S(N)(=O)=O)cc1. The summed E-state index contributed by atoms with van der Waals surface area (Å²) in [4.78, 5) is 30.1. The molecule has 0 unspecified atom stereocenters. The Labute approximate surface area is 197 Å². The van der Waals surface area contributed by atoms with E-state index in [1.54, 1.807) is 34.9 Å². The van der Waals surface area contributed by atoms with Gasteiger partial charge in [-0.05, 0) is 48.6 Å². The van der Waals surface area contributed by atoms with Crippen molar-refractivity contribution in [2.75, 3.05) is 12.3 Å². The van der Waals surface area contributed by atoms with Crippen molar-refractivity contribution in [3.8, 4) is 0 Å². The van der Waals surface area contributed by atoms with Crippen LogP contribution in [0, 0.1) is 5.92 Å². The van der Waals surface area contributed by atoms with Crippen LogP contribution in [0.15, 0.2) is 63.4 Å². The van der Waals surface area contributed by atoms with Gasteiger partial charge in [-0.15, -0.1) is 0 Å². The number of nitrogens with one attached hydrogen (secondary N) is 1. The van der Waals surface area contributed by atoms with E-state index in [-0.39, 0.29) is 22.1 Å². The van der Waals surface area contributed by atoms with Crippen molar-refractivity contribution in [1.82, 2.24) is 14.9 Å². The molecule has 3 N–H and O–H groups in total. The van der Waals surface area contributed by atoms with Gasteiger partial charge in [-0.3, -0.25) is 14.2 Å². The number of benzene rings is 2. The monoisotopic (exact) mass is 488 g/mol. The van der Waals surface area contributed by atoms with Gasteiger partial charge in [0.05, 0.1) is 21.6 Å². The molecule has 0 aliphatic heterocycles. The predicted molar refractivity (Wildman–Crippen MR) is 131 cm³/mol. The standard InChI is InChI=1S/C23H28N4O4S2/c1-16(2)11-13-25-21(28)15-32-23-26-20-6-4-3-5-19(20)22(29)27(23)14-12-17-7-9-18(10-8-17)33(24,30)31/h3-10,16H,11-15H2,1-2H3,(H,25,28)(H2,24,30,31). The number of hydrogen-bond donors (Lipinski definition) is 2. The van der Waals surface area contributed by atoms with Gasteiger partial charge in [-0.2, -0.15) is 0 Å². The highest BCUT2D eigenvalue weighted by atomic mass is 32.2. The molecule has 1 aromatic heterocycles. The molecule has 0 saturated heterocycles. The van der Waals surface area contributed by atoms with E-state index in [0.717, 1.165) is 12.0 Å². The van der Waals surface area contributed by atoms with Crippen LogP contribution in [0.5, 0.6) is 0 Å². The van der Waals surface area contributed by atoms with Crippen LogP contribution < -0.4 is 16.0 Å². The molecule has 0 fully saturated rings. The summed E-state index contributed by atoms with van der Waals surface area (Å²) in [6, 6.07) is 13.4. The van der Waals surface area contributed by atoms with Crippen molar-refractivity contribution in [3.05, 3.63) is 64.4 Å². The first-order chi connectivity index (χ1) is 15.6. The van der Waals surface area contributed by atoms with E-state index < -0.39 is 10.0 Å². The van der Waals surface area contributed by atoms with Crippen molar-refractivity contribution in [2.45, 2.75) is 43.3 Å². The van der Waals surface area contributed by atoms with Crippen LogP contribution in [0.25, 0.3) is 10.9 Å². The zero-order chi connectivity index (χ0) is 24.0. The average molecular weight is 489 g/mol. The second-order valence-electron chi connectivity index (χ2n) is 8.13. The van der Waals surface area contributed by atoms with E-state index in [9.17, 15) is 18.0 Å². The highest BCUT2D eigenvalue weighted by molar-refractivity contribution is 7.99. The van der Waals surface area contributed by atoms with Gasteiger partial charge in [0.15, 0.2) is 5.16 Å². The highest BCUT2D eigenvalue weighted by Gasteiger charge is 2.14. The highest BCUT2D eigenvalue weighted by Crippen LogP contribution is 2.19. The number of carbonyl (C=O) groups is 1. The molecule has 0 aliphatic rings. The van der Waals surface area contributed by atoms with E-state index in [0.29, 0.717) is 41.5 Å². The summed E-state index contributed by atoms with van der Waals surface area (Å²) in [7, 11) is -3.76. The molecular formula is C23H28N4O4S2. The van der Waals surface area contributed by atoms with Crippen molar-refractivity contribution < 1.29 is 13.2 Å². The van der Waals surface area contributed by atoms with E-state index in [1.807, 2.05) is 6.07 Å². The van der Waals surface area contributed by atoms with Crippen molar-refractivity contribution >= 4 is 38.6 Å². The molecule has 0 aliphatic carbocycles. The number of primary sulfonamides is 1. The minimum atomic E-state index is -3.76. The molecule has 33 heavy (non-hydrogen) atoms. The van der Waals surface area contributed by atoms with Crippen LogP contribution in [0.3, 0.4) is 0 Å². The molecule has 8 nitrogen and oxygen atoms in total. The van der Waals surface area contributed by atoms with Gasteiger partial charge in [0.2, 0.25) is 15.9 Å². The third-order valence-electron chi connectivity index (χ3n) is 5.08. The molecular weight excluding hydrogens is 460 g/mol. The maximum atomic E-state index is 13.2. The quantitative estimate of drug-likeness (QED) is 0.334. The minimum Gasteiger partial charge on any atom is -0.355 e. The lowest BCUT2D eigenvalue weighted by Crippen LogP contribution is -2.28. The van der Waals surface area contributed by atoms with E-state index >= 15 is 0 Å². The van der Waals surface area contributed by atoms with E-state index in [4.69, 9.17) is 5.14 Å². The predicted octanol–water partition coefficient (Wildman–Crippen LogP) is 2.54. The fraction of sp³-hybridized carbons (Fsp3) is 0.348. The molecule has 2 aromatic carbocycles. The van der Waals surface area contributed by atoms with Gasteiger partial charge in [-0.1, -0.05) is 49.9 Å². The molecule has 0 spiro atoms. The molecule has 1 heterocycles. The summed E-state index contributed by atoms with van der Waals surface area (Å²) < 4.78 is 24.5. The van der Waals surface area contributed by atoms with Gasteiger partial charge in [-0.25, -0.2) is 18.5 Å². The Bertz CT molecular complexity index is 1290. The fourth-order valence-corrected chi connectivity index (χ4v) is 4.59. The third kappa shape index (κ3) is 6.89. The van der Waals surface area contributed by atoms with Crippen LogP contribution in [0.4, 0.5) is 0 Å². The van der Waals surface area contributed by atoms with Crippen molar-refractivity contribution in [1.29, 1.82) is 0 Å². The Morgan fingerprint density at radius 2 is 1.85 bits per heavy atom. The lowest BCUT2D eigenvalue weighted by atomic mass is 10.1. The Hall–Kier alpha value is -2.69. The zero-order valence-corrected chi connectivity index (χ0v) is 20.3. The molecule has 3 aromatic rings. The maximum Gasteiger partial charge on any atom is 0.262 e. The van der Waals surface area contributed by atoms with Crippen LogP contribution in [0.1, 0.15) is 25.8 Å². The molecule has 176 valence electrons. The summed E-state index contributed by atoms with van der Waals surface area (Å²) in [6.07, 6.45) is 1.39. The number of nitrogens with zero attached hydrogens (tertiary/aromatic N) is 2. The summed E-state index contributed by atoms with van der Waals surface area (Å²) >= 11 is 1.23. The normalized spacial score (nSPS) is 11.8. The number of thioether (sulfide) groups is 1. The molecule has 10 heteroatoms. The van der Waals surface area contributed by atoms with Gasteiger partial charge in [0, 0.05) is 13.1 Å². The largest absolute Gasteiger partial charge is 0.355 e. The average Bonchev–Trinajstić information content (AvgIpc) is 2.76. The third-order valence-corrected chi connectivity index (χ3v) is 6.98. The van der Waals surface area contributed by atoms with Crippen molar-refractivity contribution in [2.24, 2.45) is 11.1 Å². The summed E-state index contributed by atoms with van der Waals surface area (Å²) in [6.45, 7) is 5.15. The second kappa shape index (κ2) is 11.0. The van der Waals surface area contributed by atoms with E-state index in [2.05, 4.69) is 24.1 Å². The lowest BCUT2D eigenvalue weighted by Gasteiger charge is -2.13. The van der Waals surface area contributed by atoms with E-state index in [1.165, 1.54) is 23.9 Å². The lowest BCUT2D eigenvalue weighted by molar-refractivity contribution is -0.118. The van der Waals surface area contributed by atoms with Crippen LogP contribution in [-0.2, 0) is 27.8 Å². The first-order valence-corrected chi connectivity index (χ1v) is 13.2. The van der Waals surface area contributed by atoms with Crippen LogP contribution in [0.2, 0.25) is 0 Å². The maximum absolute atomic E-state index is 13.2. The first-order valence-electron chi connectivity index (χ1n) is 10.7. The Morgan fingerprint density at radius 1 is 1.15 bits per heavy atom. The smallest absolute Gasteiger partial charge is 0.262 e. The Morgan fingerprint density at radius 3 is 2.52 bits per heavy atom. The second-order valence-corrected chi connectivity index (χ2v) is 10.6. The molecule has 0 bridgehead atoms. The number of fused-ring (bicyclic) bond motifs is 1. The molecule has 0 saturated carbocycles. The van der Waals surface area contributed by atoms with Gasteiger partial charge in [0.1, 0.15) is 0 Å². The Kier molecular flexibility index (Phi) is 8.28. The van der Waals surface area contributed by atoms with Crippen LogP contribution >= 0.6 is 11.8 Å². The number of aryl methyl sites for hydroxylation is 1. The van der Waals surface area contributed by atoms with Gasteiger partial charge >= 0.3 is 0 Å². The number of hydrogen-bond acceptors (Lipinski definition) is 6. The van der Waals surface area contributed by atoms with Crippen molar-refractivity contribution in [3.63, 3.8) is 0 Å². The molecule has 0 radical (unpaired) electrons. The minimum absolute atomic E-state index is 0.0375. The number of rotatable bonds is 10.